The fraction of sp³-hybridized carbons (Fsp3) is 0.0909. The molecule has 76 valence electrons. The zero-order valence-corrected chi connectivity index (χ0v) is 8.78. The van der Waals surface area contributed by atoms with E-state index < -0.39 is 0 Å². The lowest BCUT2D eigenvalue weighted by atomic mass is 10.1. The molecule has 0 saturated heterocycles. The molecule has 3 nitrogen and oxygen atoms in total. The molecule has 1 aromatic carbocycles. The molecule has 1 heterocycles. The molecule has 0 spiro atoms. The van der Waals surface area contributed by atoms with Gasteiger partial charge in [0.25, 0.3) is 0 Å². The van der Waals surface area contributed by atoms with E-state index in [1.54, 1.807) is 30.5 Å². The van der Waals surface area contributed by atoms with Crippen molar-refractivity contribution in [2.45, 2.75) is 0 Å². The predicted molar refractivity (Wildman–Crippen MR) is 58.1 cm³/mol. The van der Waals surface area contributed by atoms with Gasteiger partial charge in [0.15, 0.2) is 0 Å². The summed E-state index contributed by atoms with van der Waals surface area (Å²) in [6.45, 7) is 0. The van der Waals surface area contributed by atoms with E-state index in [-0.39, 0.29) is 5.97 Å². The summed E-state index contributed by atoms with van der Waals surface area (Å²) >= 11 is 5.86. The molecular weight excluding hydrogens is 214 g/mol. The van der Waals surface area contributed by atoms with Crippen LogP contribution >= 0.6 is 11.6 Å². The van der Waals surface area contributed by atoms with Gasteiger partial charge >= 0.3 is 5.97 Å². The van der Waals surface area contributed by atoms with Gasteiger partial charge in [0, 0.05) is 16.6 Å². The first-order valence-corrected chi connectivity index (χ1v) is 4.73. The van der Waals surface area contributed by atoms with Crippen molar-refractivity contribution in [3.05, 3.63) is 41.0 Å². The Balaban J connectivity index is 2.74. The van der Waals surface area contributed by atoms with E-state index in [0.717, 1.165) is 5.52 Å². The fourth-order valence-corrected chi connectivity index (χ4v) is 1.58. The van der Waals surface area contributed by atoms with Gasteiger partial charge in [-0.1, -0.05) is 11.6 Å². The molecule has 0 radical (unpaired) electrons. The number of methoxy groups -OCH3 is 1. The largest absolute Gasteiger partial charge is 0.465 e. The van der Waals surface area contributed by atoms with Gasteiger partial charge in [-0.2, -0.15) is 0 Å². The number of hydrogen-bond acceptors (Lipinski definition) is 3. The number of pyridine rings is 1. The summed E-state index contributed by atoms with van der Waals surface area (Å²) in [7, 11) is 1.35. The Bertz CT molecular complexity index is 525. The van der Waals surface area contributed by atoms with Crippen molar-refractivity contribution in [1.82, 2.24) is 4.98 Å². The Kier molecular flexibility index (Phi) is 2.56. The molecule has 0 saturated carbocycles. The Hall–Kier alpha value is -1.61. The summed E-state index contributed by atoms with van der Waals surface area (Å²) < 4.78 is 4.67. The maximum atomic E-state index is 11.4. The third-order valence-electron chi connectivity index (χ3n) is 2.11. The highest BCUT2D eigenvalue weighted by atomic mass is 35.5. The zero-order chi connectivity index (χ0) is 10.8. The maximum Gasteiger partial charge on any atom is 0.338 e. The Morgan fingerprint density at radius 2 is 2.20 bits per heavy atom. The Labute approximate surface area is 91.6 Å². The highest BCUT2D eigenvalue weighted by Gasteiger charge is 2.10. The van der Waals surface area contributed by atoms with Crippen LogP contribution in [0.5, 0.6) is 0 Å². The fourth-order valence-electron chi connectivity index (χ4n) is 1.41. The van der Waals surface area contributed by atoms with Crippen LogP contribution in [-0.4, -0.2) is 18.1 Å². The van der Waals surface area contributed by atoms with Gasteiger partial charge in [-0.3, -0.25) is 4.98 Å². The summed E-state index contributed by atoms with van der Waals surface area (Å²) in [6.07, 6.45) is 1.57. The van der Waals surface area contributed by atoms with Crippen LogP contribution < -0.4 is 0 Å². The van der Waals surface area contributed by atoms with Crippen molar-refractivity contribution < 1.29 is 9.53 Å². The number of rotatable bonds is 1. The lowest BCUT2D eigenvalue weighted by Gasteiger charge is -2.03. The minimum Gasteiger partial charge on any atom is -0.465 e. The van der Waals surface area contributed by atoms with Crippen LogP contribution in [0.2, 0.25) is 5.02 Å². The van der Waals surface area contributed by atoms with E-state index in [0.29, 0.717) is 16.0 Å². The molecule has 0 aliphatic rings. The third kappa shape index (κ3) is 1.78. The average molecular weight is 222 g/mol. The highest BCUT2D eigenvalue weighted by Crippen LogP contribution is 2.21. The quantitative estimate of drug-likeness (QED) is 0.695. The van der Waals surface area contributed by atoms with Crippen LogP contribution in [0, 0.1) is 0 Å². The molecule has 0 N–H and O–H groups in total. The van der Waals surface area contributed by atoms with E-state index in [1.165, 1.54) is 7.11 Å². The lowest BCUT2D eigenvalue weighted by molar-refractivity contribution is 0.0603. The van der Waals surface area contributed by atoms with Crippen LogP contribution in [0.25, 0.3) is 10.9 Å². The second kappa shape index (κ2) is 3.87. The molecule has 0 aliphatic heterocycles. The molecule has 4 heteroatoms. The van der Waals surface area contributed by atoms with E-state index in [4.69, 9.17) is 11.6 Å². The molecule has 0 unspecified atom stereocenters. The number of ether oxygens (including phenoxy) is 1. The number of esters is 1. The summed E-state index contributed by atoms with van der Waals surface area (Å²) in [5, 5.41) is 1.28. The molecule has 0 amide bonds. The van der Waals surface area contributed by atoms with Crippen molar-refractivity contribution in [3.63, 3.8) is 0 Å². The summed E-state index contributed by atoms with van der Waals surface area (Å²) in [4.78, 5) is 15.6. The molecule has 15 heavy (non-hydrogen) atoms. The van der Waals surface area contributed by atoms with Gasteiger partial charge in [-0.25, -0.2) is 4.79 Å². The average Bonchev–Trinajstić information content (AvgIpc) is 2.27. The number of fused-ring (bicyclic) bond motifs is 1. The molecule has 0 aliphatic carbocycles. The second-order valence-electron chi connectivity index (χ2n) is 3.01. The predicted octanol–water partition coefficient (Wildman–Crippen LogP) is 2.67. The first-order valence-electron chi connectivity index (χ1n) is 4.35. The number of halogens is 1. The normalized spacial score (nSPS) is 10.3. The minimum atomic E-state index is -0.385. The molecule has 0 bridgehead atoms. The maximum absolute atomic E-state index is 11.4. The second-order valence-corrected chi connectivity index (χ2v) is 3.45. The monoisotopic (exact) mass is 221 g/mol. The van der Waals surface area contributed by atoms with E-state index in [2.05, 4.69) is 9.72 Å². The van der Waals surface area contributed by atoms with Crippen LogP contribution in [0.1, 0.15) is 10.4 Å². The third-order valence-corrected chi connectivity index (χ3v) is 2.34. The number of carbonyl (C=O) groups is 1. The van der Waals surface area contributed by atoms with Gasteiger partial charge in [0.1, 0.15) is 0 Å². The van der Waals surface area contributed by atoms with Gasteiger partial charge < -0.3 is 4.74 Å². The molecule has 2 rings (SSSR count). The molecule has 1 aromatic heterocycles. The number of nitrogens with zero attached hydrogens (tertiary/aromatic N) is 1. The molecular formula is C11H8ClNO2. The van der Waals surface area contributed by atoms with Crippen molar-refractivity contribution >= 4 is 28.5 Å². The van der Waals surface area contributed by atoms with Crippen molar-refractivity contribution in [3.8, 4) is 0 Å². The summed E-state index contributed by atoms with van der Waals surface area (Å²) in [5.74, 6) is -0.385. The van der Waals surface area contributed by atoms with Crippen molar-refractivity contribution in [2.24, 2.45) is 0 Å². The van der Waals surface area contributed by atoms with E-state index in [9.17, 15) is 4.79 Å². The Morgan fingerprint density at radius 3 is 2.93 bits per heavy atom. The van der Waals surface area contributed by atoms with Gasteiger partial charge in [0.2, 0.25) is 0 Å². The smallest absolute Gasteiger partial charge is 0.338 e. The number of carbonyl (C=O) groups excluding carboxylic acids is 1. The van der Waals surface area contributed by atoms with Gasteiger partial charge in [-0.05, 0) is 24.3 Å². The first kappa shape index (κ1) is 9.93. The number of hydrogen-bond donors (Lipinski definition) is 0. The van der Waals surface area contributed by atoms with Gasteiger partial charge in [0.05, 0.1) is 18.2 Å². The van der Waals surface area contributed by atoms with Crippen LogP contribution in [0.4, 0.5) is 0 Å². The van der Waals surface area contributed by atoms with Crippen LogP contribution in [0.15, 0.2) is 30.5 Å². The molecule has 0 fully saturated rings. The minimum absolute atomic E-state index is 0.385. The van der Waals surface area contributed by atoms with E-state index >= 15 is 0 Å². The Morgan fingerprint density at radius 1 is 1.40 bits per heavy atom. The standard InChI is InChI=1S/C11H8ClNO2/c1-15-11(14)8-4-5-13-10-3-2-7(12)6-9(8)10/h2-6H,1H3. The number of aromatic nitrogens is 1. The van der Waals surface area contributed by atoms with Crippen molar-refractivity contribution in [2.75, 3.05) is 7.11 Å². The first-order chi connectivity index (χ1) is 7.22. The highest BCUT2D eigenvalue weighted by molar-refractivity contribution is 6.31. The molecule has 2 aromatic rings. The van der Waals surface area contributed by atoms with Crippen LogP contribution in [-0.2, 0) is 4.74 Å². The zero-order valence-electron chi connectivity index (χ0n) is 8.03. The van der Waals surface area contributed by atoms with Crippen LogP contribution in [0.3, 0.4) is 0 Å². The molecule has 0 atom stereocenters. The topological polar surface area (TPSA) is 39.2 Å². The van der Waals surface area contributed by atoms with E-state index in [1.807, 2.05) is 0 Å². The summed E-state index contributed by atoms with van der Waals surface area (Å²) in [6, 6.07) is 6.82. The summed E-state index contributed by atoms with van der Waals surface area (Å²) in [5.41, 5.74) is 1.20. The lowest BCUT2D eigenvalue weighted by Crippen LogP contribution is -2.02. The van der Waals surface area contributed by atoms with Gasteiger partial charge in [-0.15, -0.1) is 0 Å². The number of benzene rings is 1. The SMILES string of the molecule is COC(=O)c1ccnc2ccc(Cl)cc12. The van der Waals surface area contributed by atoms with Crippen molar-refractivity contribution in [1.29, 1.82) is 0 Å².